The summed E-state index contributed by atoms with van der Waals surface area (Å²) < 4.78 is 10.6. The lowest BCUT2D eigenvalue weighted by Crippen LogP contribution is -2.30. The molecule has 0 fully saturated rings. The Balaban J connectivity index is 1.90. The van der Waals surface area contributed by atoms with E-state index in [4.69, 9.17) is 9.47 Å². The van der Waals surface area contributed by atoms with Crippen molar-refractivity contribution in [3.05, 3.63) is 59.7 Å². The summed E-state index contributed by atoms with van der Waals surface area (Å²) in [4.78, 5) is 0. The quantitative estimate of drug-likeness (QED) is 0.786. The maximum Gasteiger partial charge on any atom is 0.161 e. The molecule has 2 aromatic rings. The van der Waals surface area contributed by atoms with E-state index in [2.05, 4.69) is 12.2 Å². The van der Waals surface area contributed by atoms with Crippen molar-refractivity contribution >= 4 is 0 Å². The molecule has 4 nitrogen and oxygen atoms in total. The van der Waals surface area contributed by atoms with Crippen molar-refractivity contribution in [1.29, 1.82) is 0 Å². The molecule has 0 bridgehead atoms. The molecule has 0 aliphatic heterocycles. The largest absolute Gasteiger partial charge is 0.493 e. The molecule has 2 aromatic carbocycles. The van der Waals surface area contributed by atoms with Gasteiger partial charge in [0.15, 0.2) is 11.5 Å². The van der Waals surface area contributed by atoms with E-state index in [1.807, 2.05) is 48.5 Å². The molecule has 0 saturated heterocycles. The van der Waals surface area contributed by atoms with E-state index in [1.54, 1.807) is 14.2 Å². The Morgan fingerprint density at radius 2 is 1.70 bits per heavy atom. The van der Waals surface area contributed by atoms with Crippen LogP contribution in [0.5, 0.6) is 11.5 Å². The van der Waals surface area contributed by atoms with Crippen LogP contribution in [0.25, 0.3) is 0 Å². The van der Waals surface area contributed by atoms with Gasteiger partial charge in [0.2, 0.25) is 0 Å². The summed E-state index contributed by atoms with van der Waals surface area (Å²) in [7, 11) is 3.25. The summed E-state index contributed by atoms with van der Waals surface area (Å²) >= 11 is 0. The standard InChI is InChI=1S/C19H25NO3/c1-14(16-9-10-18(22-2)19(12-16)23-3)20-13-17(21)11-15-7-5-4-6-8-15/h4-10,12,14,17,20-21H,11,13H2,1-3H3. The van der Waals surface area contributed by atoms with E-state index in [1.165, 1.54) is 0 Å². The molecule has 2 rings (SSSR count). The Morgan fingerprint density at radius 1 is 1.00 bits per heavy atom. The predicted octanol–water partition coefficient (Wildman–Crippen LogP) is 2.96. The summed E-state index contributed by atoms with van der Waals surface area (Å²) in [6.45, 7) is 2.60. The highest BCUT2D eigenvalue weighted by Crippen LogP contribution is 2.29. The van der Waals surface area contributed by atoms with E-state index < -0.39 is 6.10 Å². The smallest absolute Gasteiger partial charge is 0.161 e. The van der Waals surface area contributed by atoms with Crippen LogP contribution in [0.1, 0.15) is 24.1 Å². The van der Waals surface area contributed by atoms with Crippen molar-refractivity contribution in [3.63, 3.8) is 0 Å². The third kappa shape index (κ3) is 4.98. The van der Waals surface area contributed by atoms with E-state index >= 15 is 0 Å². The van der Waals surface area contributed by atoms with Gasteiger partial charge < -0.3 is 19.9 Å². The Hall–Kier alpha value is -2.04. The van der Waals surface area contributed by atoms with Crippen molar-refractivity contribution in [2.24, 2.45) is 0 Å². The molecular formula is C19H25NO3. The van der Waals surface area contributed by atoms with Crippen LogP contribution in [0, 0.1) is 0 Å². The zero-order valence-corrected chi connectivity index (χ0v) is 14.0. The van der Waals surface area contributed by atoms with Gasteiger partial charge in [-0.05, 0) is 36.6 Å². The van der Waals surface area contributed by atoms with Gasteiger partial charge in [0.05, 0.1) is 20.3 Å². The molecule has 23 heavy (non-hydrogen) atoms. The van der Waals surface area contributed by atoms with Crippen LogP contribution in [-0.2, 0) is 6.42 Å². The number of rotatable bonds is 8. The van der Waals surface area contributed by atoms with E-state index in [-0.39, 0.29) is 6.04 Å². The molecule has 2 N–H and O–H groups in total. The van der Waals surface area contributed by atoms with Crippen LogP contribution < -0.4 is 14.8 Å². The summed E-state index contributed by atoms with van der Waals surface area (Å²) in [5.74, 6) is 1.43. The summed E-state index contributed by atoms with van der Waals surface area (Å²) in [5, 5.41) is 13.5. The van der Waals surface area contributed by atoms with Crippen LogP contribution in [0.3, 0.4) is 0 Å². The van der Waals surface area contributed by atoms with Gasteiger partial charge in [-0.2, -0.15) is 0 Å². The van der Waals surface area contributed by atoms with Gasteiger partial charge in [-0.25, -0.2) is 0 Å². The Morgan fingerprint density at radius 3 is 2.35 bits per heavy atom. The molecule has 0 heterocycles. The van der Waals surface area contributed by atoms with Gasteiger partial charge in [-0.15, -0.1) is 0 Å². The molecule has 2 unspecified atom stereocenters. The Labute approximate surface area is 138 Å². The third-order valence-corrected chi connectivity index (χ3v) is 3.88. The fraction of sp³-hybridized carbons (Fsp3) is 0.368. The molecule has 0 aliphatic carbocycles. The molecule has 0 aliphatic rings. The normalized spacial score (nSPS) is 13.4. The van der Waals surface area contributed by atoms with Crippen LogP contribution in [0.15, 0.2) is 48.5 Å². The molecule has 2 atom stereocenters. The van der Waals surface area contributed by atoms with Crippen LogP contribution >= 0.6 is 0 Å². The number of benzene rings is 2. The lowest BCUT2D eigenvalue weighted by molar-refractivity contribution is 0.168. The van der Waals surface area contributed by atoms with E-state index in [0.29, 0.717) is 24.5 Å². The highest BCUT2D eigenvalue weighted by molar-refractivity contribution is 5.43. The molecular weight excluding hydrogens is 290 g/mol. The average molecular weight is 315 g/mol. The van der Waals surface area contributed by atoms with Crippen molar-refractivity contribution in [2.75, 3.05) is 20.8 Å². The third-order valence-electron chi connectivity index (χ3n) is 3.88. The van der Waals surface area contributed by atoms with Gasteiger partial charge in [0.1, 0.15) is 0 Å². The number of hydrogen-bond donors (Lipinski definition) is 2. The second kappa shape index (κ2) is 8.56. The summed E-state index contributed by atoms with van der Waals surface area (Å²) in [6, 6.07) is 16.0. The van der Waals surface area contributed by atoms with E-state index in [0.717, 1.165) is 11.1 Å². The van der Waals surface area contributed by atoms with Crippen molar-refractivity contribution in [2.45, 2.75) is 25.5 Å². The highest BCUT2D eigenvalue weighted by atomic mass is 16.5. The fourth-order valence-electron chi connectivity index (χ4n) is 2.51. The Kier molecular flexibility index (Phi) is 6.44. The number of hydrogen-bond acceptors (Lipinski definition) is 4. The van der Waals surface area contributed by atoms with E-state index in [9.17, 15) is 5.11 Å². The van der Waals surface area contributed by atoms with Crippen LogP contribution in [-0.4, -0.2) is 32.0 Å². The first kappa shape index (κ1) is 17.3. The highest BCUT2D eigenvalue weighted by Gasteiger charge is 2.12. The second-order valence-corrected chi connectivity index (χ2v) is 5.59. The van der Waals surface area contributed by atoms with Gasteiger partial charge in [0.25, 0.3) is 0 Å². The average Bonchev–Trinajstić information content (AvgIpc) is 2.59. The first-order chi connectivity index (χ1) is 11.1. The minimum absolute atomic E-state index is 0.111. The summed E-state index contributed by atoms with van der Waals surface area (Å²) in [5.41, 5.74) is 2.23. The minimum Gasteiger partial charge on any atom is -0.493 e. The van der Waals surface area contributed by atoms with Crippen molar-refractivity contribution < 1.29 is 14.6 Å². The molecule has 0 saturated carbocycles. The van der Waals surface area contributed by atoms with Crippen LogP contribution in [0.2, 0.25) is 0 Å². The molecule has 4 heteroatoms. The maximum absolute atomic E-state index is 10.2. The Bertz CT molecular complexity index is 601. The van der Waals surface area contributed by atoms with Crippen molar-refractivity contribution in [1.82, 2.24) is 5.32 Å². The number of ether oxygens (including phenoxy) is 2. The van der Waals surface area contributed by atoms with Gasteiger partial charge in [0, 0.05) is 12.6 Å². The number of methoxy groups -OCH3 is 2. The molecule has 0 aromatic heterocycles. The number of nitrogens with one attached hydrogen (secondary N) is 1. The predicted molar refractivity (Wildman–Crippen MR) is 92.1 cm³/mol. The zero-order valence-electron chi connectivity index (χ0n) is 14.0. The van der Waals surface area contributed by atoms with Crippen LogP contribution in [0.4, 0.5) is 0 Å². The first-order valence-electron chi connectivity index (χ1n) is 7.81. The second-order valence-electron chi connectivity index (χ2n) is 5.59. The van der Waals surface area contributed by atoms with Gasteiger partial charge >= 0.3 is 0 Å². The molecule has 0 radical (unpaired) electrons. The molecule has 124 valence electrons. The topological polar surface area (TPSA) is 50.7 Å². The molecule has 0 spiro atoms. The molecule has 0 amide bonds. The summed E-state index contributed by atoms with van der Waals surface area (Å²) in [6.07, 6.45) is 0.229. The lowest BCUT2D eigenvalue weighted by Gasteiger charge is -2.19. The van der Waals surface area contributed by atoms with Gasteiger partial charge in [-0.3, -0.25) is 0 Å². The number of aliphatic hydroxyl groups excluding tert-OH is 1. The zero-order chi connectivity index (χ0) is 16.7. The van der Waals surface area contributed by atoms with Crippen molar-refractivity contribution in [3.8, 4) is 11.5 Å². The fourth-order valence-corrected chi connectivity index (χ4v) is 2.51. The maximum atomic E-state index is 10.2. The minimum atomic E-state index is -0.417. The monoisotopic (exact) mass is 315 g/mol. The first-order valence-corrected chi connectivity index (χ1v) is 7.81. The lowest BCUT2D eigenvalue weighted by atomic mass is 10.1. The van der Waals surface area contributed by atoms with Gasteiger partial charge in [-0.1, -0.05) is 36.4 Å². The SMILES string of the molecule is COc1ccc(C(C)NCC(O)Cc2ccccc2)cc1OC. The number of aliphatic hydroxyl groups is 1.